The summed E-state index contributed by atoms with van der Waals surface area (Å²) in [5.41, 5.74) is 0.162. The number of hydrogen-bond donors (Lipinski definition) is 5. The second kappa shape index (κ2) is 9.88. The van der Waals surface area contributed by atoms with E-state index in [1.54, 1.807) is 12.1 Å². The van der Waals surface area contributed by atoms with Gasteiger partial charge in [-0.2, -0.15) is 4.68 Å². The summed E-state index contributed by atoms with van der Waals surface area (Å²) in [6.07, 6.45) is -6.21. The molecule has 1 aliphatic rings. The molecule has 5 N–H and O–H groups in total. The van der Waals surface area contributed by atoms with Gasteiger partial charge in [-0.3, -0.25) is 4.57 Å². The highest BCUT2D eigenvalue weighted by Gasteiger charge is 2.47. The number of aliphatic hydroxyl groups excluding tert-OH is 2. The minimum absolute atomic E-state index is 0.0523. The first-order chi connectivity index (χ1) is 16.3. The molecule has 35 heavy (non-hydrogen) atoms. The molecular formula is C18H20Cl2N5O8PS. The van der Waals surface area contributed by atoms with Crippen LogP contribution in [0.2, 0.25) is 10.2 Å². The summed E-state index contributed by atoms with van der Waals surface area (Å²) < 4.78 is 41.9. The van der Waals surface area contributed by atoms with E-state index in [1.807, 2.05) is 12.1 Å². The number of nitrogens with zero attached hydrogens (tertiary/aromatic N) is 4. The summed E-state index contributed by atoms with van der Waals surface area (Å²) in [6.45, 7) is 0.322. The van der Waals surface area contributed by atoms with Gasteiger partial charge in [0.2, 0.25) is 0 Å². The fourth-order valence-electron chi connectivity index (χ4n) is 3.65. The van der Waals surface area contributed by atoms with Gasteiger partial charge in [-0.1, -0.05) is 46.6 Å². The molecule has 4 atom stereocenters. The Morgan fingerprint density at radius 3 is 2.57 bits per heavy atom. The summed E-state index contributed by atoms with van der Waals surface area (Å²) in [5.74, 6) is -0.932. The van der Waals surface area contributed by atoms with Crippen molar-refractivity contribution in [3.63, 3.8) is 0 Å². The highest BCUT2D eigenvalue weighted by molar-refractivity contribution is 7.97. The fraction of sp³-hybridized carbons (Fsp3) is 0.389. The minimum Gasteiger partial charge on any atom is -0.387 e. The minimum atomic E-state index is -4.87. The number of fused-ring (bicyclic) bond motifs is 1. The quantitative estimate of drug-likeness (QED) is 0.191. The molecule has 0 spiro atoms. The maximum atomic E-state index is 12.1. The maximum Gasteiger partial charge on any atom is 0.340 e. The van der Waals surface area contributed by atoms with Gasteiger partial charge in [-0.15, -0.1) is 5.10 Å². The lowest BCUT2D eigenvalue weighted by atomic mass is 10.1. The Morgan fingerprint density at radius 2 is 1.89 bits per heavy atom. The lowest BCUT2D eigenvalue weighted by Gasteiger charge is -2.15. The number of anilines is 1. The van der Waals surface area contributed by atoms with E-state index in [4.69, 9.17) is 37.7 Å². The fourth-order valence-corrected chi connectivity index (χ4v) is 7.29. The second-order valence-corrected chi connectivity index (χ2v) is 12.9. The highest BCUT2D eigenvalue weighted by atomic mass is 35.5. The van der Waals surface area contributed by atoms with Gasteiger partial charge in [0.15, 0.2) is 32.7 Å². The molecule has 1 fully saturated rings. The van der Waals surface area contributed by atoms with Gasteiger partial charge in [0.05, 0.1) is 11.4 Å². The molecule has 190 valence electrons. The summed E-state index contributed by atoms with van der Waals surface area (Å²) >= 11 is 12.4. The zero-order valence-corrected chi connectivity index (χ0v) is 20.9. The van der Waals surface area contributed by atoms with Crippen molar-refractivity contribution in [2.45, 2.75) is 31.1 Å². The van der Waals surface area contributed by atoms with E-state index in [0.29, 0.717) is 17.3 Å². The Labute approximate surface area is 208 Å². The molecule has 3 aromatic rings. The van der Waals surface area contributed by atoms with Crippen molar-refractivity contribution >= 4 is 57.5 Å². The molecule has 1 aliphatic heterocycles. The Kier molecular flexibility index (Phi) is 7.40. The molecule has 0 saturated carbocycles. The largest absolute Gasteiger partial charge is 0.387 e. The molecule has 17 heteroatoms. The number of benzene rings is 1. The summed E-state index contributed by atoms with van der Waals surface area (Å²) in [7, 11) is -9.20. The zero-order valence-electron chi connectivity index (χ0n) is 17.6. The smallest absolute Gasteiger partial charge is 0.340 e. The van der Waals surface area contributed by atoms with Gasteiger partial charge in [0.25, 0.3) is 0 Å². The third-order valence-electron chi connectivity index (χ3n) is 5.19. The van der Waals surface area contributed by atoms with Crippen LogP contribution in [-0.4, -0.2) is 78.0 Å². The number of aromatic nitrogens is 4. The number of aliphatic hydroxyl groups is 2. The second-order valence-electron chi connectivity index (χ2n) is 7.89. The number of sulfone groups is 1. The predicted octanol–water partition coefficient (Wildman–Crippen LogP) is 0.914. The third-order valence-corrected chi connectivity index (χ3v) is 9.51. The van der Waals surface area contributed by atoms with Gasteiger partial charge in [-0.05, 0) is 11.6 Å². The lowest BCUT2D eigenvalue weighted by Crippen LogP contribution is -2.36. The van der Waals surface area contributed by atoms with Gasteiger partial charge < -0.3 is 30.1 Å². The number of hydrogen-bond acceptors (Lipinski definition) is 10. The molecule has 0 aliphatic carbocycles. The monoisotopic (exact) mass is 567 g/mol. The Morgan fingerprint density at radius 1 is 1.17 bits per heavy atom. The van der Waals surface area contributed by atoms with E-state index in [1.165, 1.54) is 6.07 Å². The summed E-state index contributed by atoms with van der Waals surface area (Å²) in [4.78, 5) is 22.1. The van der Waals surface area contributed by atoms with Crippen LogP contribution in [0.15, 0.2) is 30.3 Å². The average Bonchev–Trinajstić information content (AvgIpc) is 3.27. The van der Waals surface area contributed by atoms with Gasteiger partial charge in [0.1, 0.15) is 23.5 Å². The van der Waals surface area contributed by atoms with Crippen LogP contribution in [-0.2, 0) is 25.7 Å². The van der Waals surface area contributed by atoms with E-state index in [2.05, 4.69) is 20.6 Å². The molecule has 2 aromatic heterocycles. The van der Waals surface area contributed by atoms with Crippen LogP contribution in [0.4, 0.5) is 5.69 Å². The van der Waals surface area contributed by atoms with Crippen molar-refractivity contribution < 1.29 is 37.7 Å². The first-order valence-electron chi connectivity index (χ1n) is 10.00. The standard InChI is InChI=1S/C18H20Cl2N5O8PS/c19-10-4-2-1-3-9(10)6-21-11-5-13(20)22-17-14(11)23-24-25(17)18-16(27)15(26)12(33-18)7-35(31,32)8-34(28,29)30/h1-5,12,15-16,18,26-27H,6-8H2,(H,21,22)(H2,28,29,30)/t12-,15-,16-,18-/m1/s1. The van der Waals surface area contributed by atoms with E-state index in [-0.39, 0.29) is 16.3 Å². The normalized spacial score (nSPS) is 23.1. The van der Waals surface area contributed by atoms with Crippen molar-refractivity contribution in [1.82, 2.24) is 20.0 Å². The molecule has 13 nitrogen and oxygen atoms in total. The highest BCUT2D eigenvalue weighted by Crippen LogP contribution is 2.38. The first-order valence-corrected chi connectivity index (χ1v) is 14.4. The van der Waals surface area contributed by atoms with E-state index in [0.717, 1.165) is 10.2 Å². The van der Waals surface area contributed by atoms with Crippen LogP contribution in [0.25, 0.3) is 11.2 Å². The molecule has 0 bridgehead atoms. The van der Waals surface area contributed by atoms with Gasteiger partial charge in [-0.25, -0.2) is 13.4 Å². The van der Waals surface area contributed by atoms with Crippen LogP contribution in [0.3, 0.4) is 0 Å². The van der Waals surface area contributed by atoms with E-state index < -0.39 is 53.2 Å². The summed E-state index contributed by atoms with van der Waals surface area (Å²) in [6, 6.07) is 8.71. The van der Waals surface area contributed by atoms with E-state index in [9.17, 15) is 23.2 Å². The van der Waals surface area contributed by atoms with Crippen molar-refractivity contribution in [3.8, 4) is 0 Å². The van der Waals surface area contributed by atoms with Gasteiger partial charge >= 0.3 is 7.60 Å². The number of pyridine rings is 1. The Hall–Kier alpha value is -1.87. The van der Waals surface area contributed by atoms with Gasteiger partial charge in [0, 0.05) is 17.6 Å². The lowest BCUT2D eigenvalue weighted by molar-refractivity contribution is -0.0375. The molecule has 4 rings (SSSR count). The molecule has 0 unspecified atom stereocenters. The van der Waals surface area contributed by atoms with Crippen LogP contribution >= 0.6 is 30.8 Å². The number of nitrogens with one attached hydrogen (secondary N) is 1. The van der Waals surface area contributed by atoms with Crippen molar-refractivity contribution in [2.24, 2.45) is 0 Å². The zero-order chi connectivity index (χ0) is 25.5. The number of rotatable bonds is 8. The molecule has 0 radical (unpaired) electrons. The van der Waals surface area contributed by atoms with Crippen LogP contribution in [0, 0.1) is 0 Å². The van der Waals surface area contributed by atoms with Crippen LogP contribution in [0.5, 0.6) is 0 Å². The molecule has 3 heterocycles. The number of ether oxygens (including phenoxy) is 1. The maximum absolute atomic E-state index is 12.1. The first kappa shape index (κ1) is 26.2. The number of halogens is 2. The average molecular weight is 568 g/mol. The SMILES string of the molecule is O=P(O)(O)CS(=O)(=O)C[C@H]1O[C@@H](n2nnc3c(NCc4ccccc4Cl)cc(Cl)nc32)[C@H](O)[C@@H]1O. The molecule has 1 aromatic carbocycles. The van der Waals surface area contributed by atoms with E-state index >= 15 is 0 Å². The van der Waals surface area contributed by atoms with Crippen LogP contribution < -0.4 is 5.32 Å². The molecular weight excluding hydrogens is 548 g/mol. The Balaban J connectivity index is 1.59. The predicted molar refractivity (Wildman–Crippen MR) is 126 cm³/mol. The third kappa shape index (κ3) is 5.93. The van der Waals surface area contributed by atoms with Crippen molar-refractivity contribution in [3.05, 3.63) is 46.1 Å². The molecule has 0 amide bonds. The van der Waals surface area contributed by atoms with Crippen LogP contribution in [0.1, 0.15) is 11.8 Å². The topological polar surface area (TPSA) is 197 Å². The summed E-state index contributed by atoms with van der Waals surface area (Å²) in [5, 5.41) is 32.6. The molecule has 1 saturated heterocycles. The Bertz CT molecular complexity index is 1400. The van der Waals surface area contributed by atoms with Crippen molar-refractivity contribution in [2.75, 3.05) is 16.6 Å². The van der Waals surface area contributed by atoms with Crippen molar-refractivity contribution in [1.29, 1.82) is 0 Å².